The highest BCUT2D eigenvalue weighted by atomic mass is 31.1. The van der Waals surface area contributed by atoms with Crippen LogP contribution in [-0.4, -0.2) is 24.2 Å². The van der Waals surface area contributed by atoms with Gasteiger partial charge >= 0.3 is 19.8 Å². The molecule has 14 heavy (non-hydrogen) atoms. The summed E-state index contributed by atoms with van der Waals surface area (Å²) in [5.74, 6) is -0.517. The quantitative estimate of drug-likeness (QED) is 0.388. The average Bonchev–Trinajstić information content (AvgIpc) is 2.09. The molecule has 5 nitrogen and oxygen atoms in total. The van der Waals surface area contributed by atoms with Crippen molar-refractivity contribution in [1.29, 1.82) is 0 Å². The fraction of sp³-hybridized carbons (Fsp3) is 0.500. The Balaban J connectivity index is 4.35. The SMILES string of the molecule is C#CCO[P+](=O)C(OC(C)=O)C(C)=O. The molecule has 76 valence electrons. The smallest absolute Gasteiger partial charge is 0.408 e. The van der Waals surface area contributed by atoms with E-state index in [0.29, 0.717) is 0 Å². The van der Waals surface area contributed by atoms with Gasteiger partial charge in [0.15, 0.2) is 6.61 Å². The summed E-state index contributed by atoms with van der Waals surface area (Å²) in [6, 6.07) is 0. The zero-order valence-electron chi connectivity index (χ0n) is 7.85. The molecule has 0 fully saturated rings. The lowest BCUT2D eigenvalue weighted by atomic mass is 10.5. The number of hydrogen-bond donors (Lipinski definition) is 0. The topological polar surface area (TPSA) is 69.7 Å². The number of ether oxygens (including phenoxy) is 1. The summed E-state index contributed by atoms with van der Waals surface area (Å²) in [6.45, 7) is 2.07. The normalized spacial score (nSPS) is 12.5. The molecular formula is C8H10O5P+. The third kappa shape index (κ3) is 4.70. The summed E-state index contributed by atoms with van der Waals surface area (Å²) in [6.07, 6.45) is 4.86. The first-order chi connectivity index (χ1) is 6.49. The van der Waals surface area contributed by atoms with Crippen LogP contribution in [0.15, 0.2) is 0 Å². The molecule has 0 aliphatic rings. The molecule has 0 aromatic rings. The number of carbonyl (C=O) groups excluding carboxylic acids is 2. The van der Waals surface area contributed by atoms with Gasteiger partial charge in [-0.25, -0.2) is 0 Å². The largest absolute Gasteiger partial charge is 0.563 e. The molecule has 0 spiro atoms. The molecule has 2 unspecified atom stereocenters. The zero-order valence-corrected chi connectivity index (χ0v) is 8.74. The van der Waals surface area contributed by atoms with Crippen LogP contribution in [0.5, 0.6) is 0 Å². The second-order valence-corrected chi connectivity index (χ2v) is 3.63. The van der Waals surface area contributed by atoms with Gasteiger partial charge in [-0.3, -0.25) is 9.59 Å². The molecule has 0 aromatic heterocycles. The minimum atomic E-state index is -2.41. The predicted octanol–water partition coefficient (Wildman–Crippen LogP) is 0.857. The second kappa shape index (κ2) is 6.25. The van der Waals surface area contributed by atoms with Crippen LogP contribution in [0, 0.1) is 12.3 Å². The highest BCUT2D eigenvalue weighted by Crippen LogP contribution is 2.30. The van der Waals surface area contributed by atoms with E-state index >= 15 is 0 Å². The molecule has 0 bridgehead atoms. The Morgan fingerprint density at radius 1 is 1.50 bits per heavy atom. The molecule has 0 heterocycles. The van der Waals surface area contributed by atoms with Crippen LogP contribution in [0.4, 0.5) is 0 Å². The van der Waals surface area contributed by atoms with Gasteiger partial charge in [-0.2, -0.15) is 0 Å². The summed E-state index contributed by atoms with van der Waals surface area (Å²) in [5, 5.41) is 0. The summed E-state index contributed by atoms with van der Waals surface area (Å²) in [7, 11) is -2.41. The Kier molecular flexibility index (Phi) is 5.70. The van der Waals surface area contributed by atoms with E-state index in [4.69, 9.17) is 6.42 Å². The number of Topliss-reactive ketones (excluding diaryl/α,β-unsaturated/α-hetero) is 1. The van der Waals surface area contributed by atoms with Crippen LogP contribution in [0.2, 0.25) is 0 Å². The fourth-order valence-electron chi connectivity index (χ4n) is 0.600. The van der Waals surface area contributed by atoms with E-state index in [-0.39, 0.29) is 6.61 Å². The van der Waals surface area contributed by atoms with Crippen LogP contribution in [0.3, 0.4) is 0 Å². The van der Waals surface area contributed by atoms with E-state index < -0.39 is 25.6 Å². The molecule has 0 N–H and O–H groups in total. The van der Waals surface area contributed by atoms with Crippen molar-refractivity contribution in [1.82, 2.24) is 0 Å². The van der Waals surface area contributed by atoms with Crippen molar-refractivity contribution in [2.75, 3.05) is 6.61 Å². The number of carbonyl (C=O) groups is 2. The standard InChI is InChI=1S/C8H10O5P/c1-4-5-12-14(11)8(6(2)9)13-7(3)10/h1,8H,5H2,2-3H3/q+1. The van der Waals surface area contributed by atoms with E-state index in [0.717, 1.165) is 13.8 Å². The van der Waals surface area contributed by atoms with Crippen molar-refractivity contribution < 1.29 is 23.4 Å². The molecule has 0 saturated carbocycles. The van der Waals surface area contributed by atoms with Gasteiger partial charge in [0.1, 0.15) is 0 Å². The van der Waals surface area contributed by atoms with Crippen LogP contribution in [0.25, 0.3) is 0 Å². The van der Waals surface area contributed by atoms with Gasteiger partial charge in [-0.05, 0) is 4.57 Å². The molecule has 0 saturated heterocycles. The Labute approximate surface area is 82.6 Å². The first kappa shape index (κ1) is 12.8. The molecule has 2 atom stereocenters. The van der Waals surface area contributed by atoms with Crippen LogP contribution in [-0.2, 0) is 23.4 Å². The third-order valence-electron chi connectivity index (χ3n) is 1.09. The molecule has 6 heteroatoms. The van der Waals surface area contributed by atoms with Gasteiger partial charge in [-0.1, -0.05) is 5.92 Å². The molecule has 0 aliphatic carbocycles. The highest BCUT2D eigenvalue weighted by molar-refractivity contribution is 7.41. The lowest BCUT2D eigenvalue weighted by Crippen LogP contribution is -2.21. The van der Waals surface area contributed by atoms with E-state index in [2.05, 4.69) is 15.2 Å². The van der Waals surface area contributed by atoms with Crippen molar-refractivity contribution in [3.63, 3.8) is 0 Å². The summed E-state index contributed by atoms with van der Waals surface area (Å²) >= 11 is 0. The Morgan fingerprint density at radius 2 is 2.07 bits per heavy atom. The predicted molar refractivity (Wildman–Crippen MR) is 48.6 cm³/mol. The van der Waals surface area contributed by atoms with Crippen LogP contribution < -0.4 is 0 Å². The lowest BCUT2D eigenvalue weighted by Gasteiger charge is -2.01. The minimum Gasteiger partial charge on any atom is -0.408 e. The number of ketones is 1. The third-order valence-corrected chi connectivity index (χ3v) is 2.33. The van der Waals surface area contributed by atoms with E-state index in [1.807, 2.05) is 0 Å². The summed E-state index contributed by atoms with van der Waals surface area (Å²) in [5.41, 5.74) is 0. The number of esters is 1. The summed E-state index contributed by atoms with van der Waals surface area (Å²) < 4.78 is 20.3. The van der Waals surface area contributed by atoms with Crippen LogP contribution in [0.1, 0.15) is 13.8 Å². The molecular weight excluding hydrogens is 207 g/mol. The van der Waals surface area contributed by atoms with Crippen LogP contribution >= 0.6 is 8.03 Å². The maximum absolute atomic E-state index is 11.2. The fourth-order valence-corrected chi connectivity index (χ4v) is 1.47. The molecule has 0 amide bonds. The minimum absolute atomic E-state index is 0.194. The first-order valence-electron chi connectivity index (χ1n) is 3.69. The van der Waals surface area contributed by atoms with Crippen molar-refractivity contribution in [2.45, 2.75) is 19.7 Å². The molecule has 0 aromatic carbocycles. The van der Waals surface area contributed by atoms with Gasteiger partial charge in [0.05, 0.1) is 0 Å². The van der Waals surface area contributed by atoms with E-state index in [1.165, 1.54) is 0 Å². The van der Waals surface area contributed by atoms with E-state index in [1.54, 1.807) is 0 Å². The van der Waals surface area contributed by atoms with Gasteiger partial charge in [0, 0.05) is 13.8 Å². The number of terminal acetylenes is 1. The molecule has 0 rings (SSSR count). The van der Waals surface area contributed by atoms with E-state index in [9.17, 15) is 14.2 Å². The lowest BCUT2D eigenvalue weighted by molar-refractivity contribution is -0.148. The Morgan fingerprint density at radius 3 is 2.43 bits per heavy atom. The maximum Gasteiger partial charge on any atom is 0.563 e. The molecule has 0 aliphatic heterocycles. The first-order valence-corrected chi connectivity index (χ1v) is 4.94. The second-order valence-electron chi connectivity index (χ2n) is 2.34. The summed E-state index contributed by atoms with van der Waals surface area (Å²) in [4.78, 5) is 21.4. The van der Waals surface area contributed by atoms with Gasteiger partial charge < -0.3 is 4.74 Å². The zero-order chi connectivity index (χ0) is 11.1. The van der Waals surface area contributed by atoms with Crippen molar-refractivity contribution in [2.24, 2.45) is 0 Å². The Bertz CT molecular complexity index is 291. The number of rotatable bonds is 5. The van der Waals surface area contributed by atoms with Gasteiger partial charge in [0.25, 0.3) is 0 Å². The molecule has 0 radical (unpaired) electrons. The van der Waals surface area contributed by atoms with Crippen molar-refractivity contribution >= 4 is 19.8 Å². The monoisotopic (exact) mass is 217 g/mol. The maximum atomic E-state index is 11.2. The Hall–Kier alpha value is -1.24. The number of hydrogen-bond acceptors (Lipinski definition) is 5. The average molecular weight is 217 g/mol. The van der Waals surface area contributed by atoms with Gasteiger partial charge in [0.2, 0.25) is 5.78 Å². The highest BCUT2D eigenvalue weighted by Gasteiger charge is 2.40. The van der Waals surface area contributed by atoms with Crippen molar-refractivity contribution in [3.05, 3.63) is 0 Å². The van der Waals surface area contributed by atoms with Crippen molar-refractivity contribution in [3.8, 4) is 12.3 Å². The van der Waals surface area contributed by atoms with Gasteiger partial charge in [-0.15, -0.1) is 10.9 Å².